The minimum atomic E-state index is -2.95. The molecule has 5 nitrogen and oxygen atoms in total. The van der Waals surface area contributed by atoms with E-state index in [0.717, 1.165) is 0 Å². The van der Waals surface area contributed by atoms with Crippen molar-refractivity contribution in [2.45, 2.75) is 12.8 Å². The molecule has 110 valence electrons. The van der Waals surface area contributed by atoms with Gasteiger partial charge in [-0.2, -0.15) is 0 Å². The van der Waals surface area contributed by atoms with E-state index in [-0.39, 0.29) is 29.6 Å². The molecule has 20 heavy (non-hydrogen) atoms. The standard InChI is InChI=1S/C14H18O5S/c1-18-11-3-4-12(14(8-11)19-2)13(15)7-10-5-6-20(16,17)9-10/h3-4,8,10H,5-7,9H2,1-2H3. The Balaban J connectivity index is 2.13. The molecule has 0 saturated carbocycles. The van der Waals surface area contributed by atoms with E-state index in [4.69, 9.17) is 9.47 Å². The molecule has 1 saturated heterocycles. The largest absolute Gasteiger partial charge is 0.497 e. The highest BCUT2D eigenvalue weighted by atomic mass is 32.2. The van der Waals surface area contributed by atoms with Crippen LogP contribution >= 0.6 is 0 Å². The summed E-state index contributed by atoms with van der Waals surface area (Å²) in [5.74, 6) is 1.19. The van der Waals surface area contributed by atoms with Crippen LogP contribution in [0.25, 0.3) is 0 Å². The van der Waals surface area contributed by atoms with Gasteiger partial charge in [0.15, 0.2) is 15.6 Å². The number of sulfone groups is 1. The van der Waals surface area contributed by atoms with Crippen molar-refractivity contribution in [3.05, 3.63) is 23.8 Å². The van der Waals surface area contributed by atoms with E-state index in [0.29, 0.717) is 23.5 Å². The number of ketones is 1. The van der Waals surface area contributed by atoms with Crippen molar-refractivity contribution >= 4 is 15.6 Å². The number of rotatable bonds is 5. The molecule has 1 aromatic rings. The molecule has 0 radical (unpaired) electrons. The molecule has 6 heteroatoms. The Morgan fingerprint density at radius 1 is 1.30 bits per heavy atom. The maximum atomic E-state index is 12.3. The van der Waals surface area contributed by atoms with Crippen molar-refractivity contribution in [1.82, 2.24) is 0 Å². The first kappa shape index (κ1) is 14.8. The molecule has 0 bridgehead atoms. The number of Topliss-reactive ketones (excluding diaryl/α,β-unsaturated/α-hetero) is 1. The summed E-state index contributed by atoms with van der Waals surface area (Å²) in [5, 5.41) is 0. The highest BCUT2D eigenvalue weighted by molar-refractivity contribution is 7.91. The van der Waals surface area contributed by atoms with Crippen molar-refractivity contribution in [3.63, 3.8) is 0 Å². The van der Waals surface area contributed by atoms with Crippen LogP contribution in [-0.2, 0) is 9.84 Å². The Morgan fingerprint density at radius 2 is 2.05 bits per heavy atom. The number of ether oxygens (including phenoxy) is 2. The van der Waals surface area contributed by atoms with Crippen LogP contribution in [0.5, 0.6) is 11.5 Å². The van der Waals surface area contributed by atoms with E-state index in [1.807, 2.05) is 0 Å². The van der Waals surface area contributed by atoms with Crippen molar-refractivity contribution in [1.29, 1.82) is 0 Å². The third kappa shape index (κ3) is 3.30. The molecule has 2 rings (SSSR count). The lowest BCUT2D eigenvalue weighted by molar-refractivity contribution is 0.0962. The molecule has 0 N–H and O–H groups in total. The van der Waals surface area contributed by atoms with Gasteiger partial charge in [0.1, 0.15) is 11.5 Å². The second kappa shape index (κ2) is 5.83. The van der Waals surface area contributed by atoms with E-state index in [1.54, 1.807) is 25.3 Å². The second-order valence-electron chi connectivity index (χ2n) is 4.96. The van der Waals surface area contributed by atoms with E-state index < -0.39 is 9.84 Å². The Bertz CT molecular complexity index is 606. The molecule has 1 aromatic carbocycles. The summed E-state index contributed by atoms with van der Waals surface area (Å²) in [4.78, 5) is 12.3. The van der Waals surface area contributed by atoms with E-state index in [2.05, 4.69) is 0 Å². The molecule has 1 heterocycles. The number of hydrogen-bond donors (Lipinski definition) is 0. The molecule has 1 aliphatic rings. The number of carbonyl (C=O) groups excluding carboxylic acids is 1. The summed E-state index contributed by atoms with van der Waals surface area (Å²) >= 11 is 0. The molecule has 0 amide bonds. The van der Waals surface area contributed by atoms with Crippen LogP contribution in [-0.4, -0.2) is 39.9 Å². The summed E-state index contributed by atoms with van der Waals surface area (Å²) < 4.78 is 33.1. The van der Waals surface area contributed by atoms with Gasteiger partial charge in [-0.25, -0.2) is 8.42 Å². The van der Waals surface area contributed by atoms with Crippen LogP contribution in [0.15, 0.2) is 18.2 Å². The minimum absolute atomic E-state index is 0.0840. The van der Waals surface area contributed by atoms with Crippen LogP contribution in [0, 0.1) is 5.92 Å². The molecular weight excluding hydrogens is 280 g/mol. The van der Waals surface area contributed by atoms with Gasteiger partial charge >= 0.3 is 0 Å². The lowest BCUT2D eigenvalue weighted by Gasteiger charge is -2.11. The highest BCUT2D eigenvalue weighted by Crippen LogP contribution is 2.29. The van der Waals surface area contributed by atoms with Crippen molar-refractivity contribution < 1.29 is 22.7 Å². The van der Waals surface area contributed by atoms with Crippen LogP contribution in [0.4, 0.5) is 0 Å². The maximum Gasteiger partial charge on any atom is 0.166 e. The zero-order chi connectivity index (χ0) is 14.8. The van der Waals surface area contributed by atoms with Crippen LogP contribution in [0.2, 0.25) is 0 Å². The van der Waals surface area contributed by atoms with Gasteiger partial charge in [0.05, 0.1) is 31.3 Å². The molecule has 1 unspecified atom stereocenters. The molecular formula is C14H18O5S. The van der Waals surface area contributed by atoms with Crippen molar-refractivity contribution in [3.8, 4) is 11.5 Å². The fourth-order valence-corrected chi connectivity index (χ4v) is 4.30. The zero-order valence-corrected chi connectivity index (χ0v) is 12.4. The van der Waals surface area contributed by atoms with Gasteiger partial charge in [-0.1, -0.05) is 0 Å². The van der Waals surface area contributed by atoms with Crippen LogP contribution < -0.4 is 9.47 Å². The Hall–Kier alpha value is -1.56. The smallest absolute Gasteiger partial charge is 0.166 e. The van der Waals surface area contributed by atoms with Gasteiger partial charge in [0, 0.05) is 12.5 Å². The van der Waals surface area contributed by atoms with E-state index in [1.165, 1.54) is 7.11 Å². The summed E-state index contributed by atoms with van der Waals surface area (Å²) in [5.41, 5.74) is 0.470. The molecule has 0 aromatic heterocycles. The highest BCUT2D eigenvalue weighted by Gasteiger charge is 2.30. The minimum Gasteiger partial charge on any atom is -0.497 e. The predicted octanol–water partition coefficient (Wildman–Crippen LogP) is 1.71. The quantitative estimate of drug-likeness (QED) is 0.774. The van der Waals surface area contributed by atoms with Gasteiger partial charge in [-0.15, -0.1) is 0 Å². The normalized spacial score (nSPS) is 20.6. The maximum absolute atomic E-state index is 12.3. The van der Waals surface area contributed by atoms with Crippen molar-refractivity contribution in [2.24, 2.45) is 5.92 Å². The predicted molar refractivity (Wildman–Crippen MR) is 75.3 cm³/mol. The van der Waals surface area contributed by atoms with Crippen LogP contribution in [0.3, 0.4) is 0 Å². The SMILES string of the molecule is COc1ccc(C(=O)CC2CCS(=O)(=O)C2)c(OC)c1. The first-order valence-corrected chi connectivity index (χ1v) is 8.23. The van der Waals surface area contributed by atoms with Gasteiger partial charge in [0.25, 0.3) is 0 Å². The fraction of sp³-hybridized carbons (Fsp3) is 0.500. The molecule has 0 spiro atoms. The summed E-state index contributed by atoms with van der Waals surface area (Å²) in [7, 11) is 0.0799. The second-order valence-corrected chi connectivity index (χ2v) is 7.19. The summed E-state index contributed by atoms with van der Waals surface area (Å²) in [6, 6.07) is 5.00. The van der Waals surface area contributed by atoms with Gasteiger partial charge < -0.3 is 9.47 Å². The Morgan fingerprint density at radius 3 is 2.60 bits per heavy atom. The average Bonchev–Trinajstić information content (AvgIpc) is 2.76. The van der Waals surface area contributed by atoms with E-state index in [9.17, 15) is 13.2 Å². The number of carbonyl (C=O) groups is 1. The molecule has 0 aliphatic carbocycles. The first-order chi connectivity index (χ1) is 9.45. The molecule has 1 fully saturated rings. The van der Waals surface area contributed by atoms with Crippen molar-refractivity contribution in [2.75, 3.05) is 25.7 Å². The Kier molecular flexibility index (Phi) is 4.32. The third-order valence-corrected chi connectivity index (χ3v) is 5.35. The van der Waals surface area contributed by atoms with Gasteiger partial charge in [-0.05, 0) is 24.5 Å². The lowest BCUT2D eigenvalue weighted by atomic mass is 9.97. The molecule has 1 atom stereocenters. The van der Waals surface area contributed by atoms with Crippen LogP contribution in [0.1, 0.15) is 23.2 Å². The van der Waals surface area contributed by atoms with Gasteiger partial charge in [-0.3, -0.25) is 4.79 Å². The lowest BCUT2D eigenvalue weighted by Crippen LogP contribution is -2.11. The summed E-state index contributed by atoms with van der Waals surface area (Å²) in [6.45, 7) is 0. The first-order valence-electron chi connectivity index (χ1n) is 6.41. The average molecular weight is 298 g/mol. The number of benzene rings is 1. The fourth-order valence-electron chi connectivity index (χ4n) is 2.43. The summed E-state index contributed by atoms with van der Waals surface area (Å²) in [6.07, 6.45) is 0.800. The number of methoxy groups -OCH3 is 2. The molecule has 1 aliphatic heterocycles. The van der Waals surface area contributed by atoms with Gasteiger partial charge in [0.2, 0.25) is 0 Å². The topological polar surface area (TPSA) is 69.7 Å². The monoisotopic (exact) mass is 298 g/mol. The zero-order valence-electron chi connectivity index (χ0n) is 11.6. The van der Waals surface area contributed by atoms with E-state index >= 15 is 0 Å². The third-order valence-electron chi connectivity index (χ3n) is 3.51. The Labute approximate surface area is 118 Å². The number of hydrogen-bond acceptors (Lipinski definition) is 5.